The van der Waals surface area contributed by atoms with Crippen molar-refractivity contribution in [1.29, 1.82) is 0 Å². The molecule has 3 aliphatic heterocycles. The van der Waals surface area contributed by atoms with Crippen LogP contribution in [-0.2, 0) is 14.8 Å². The highest BCUT2D eigenvalue weighted by atomic mass is 32.2. The number of amides is 2. The fraction of sp³-hybridized carbons (Fsp3) is 0.933. The first-order valence-corrected chi connectivity index (χ1v) is 9.86. The molecule has 0 aliphatic carbocycles. The van der Waals surface area contributed by atoms with Crippen LogP contribution in [0.5, 0.6) is 0 Å². The fourth-order valence-electron chi connectivity index (χ4n) is 4.01. The Labute approximate surface area is 138 Å². The average molecular weight is 345 g/mol. The largest absolute Gasteiger partial charge is 0.365 e. The van der Waals surface area contributed by atoms with Gasteiger partial charge in [-0.1, -0.05) is 13.8 Å². The van der Waals surface area contributed by atoms with E-state index >= 15 is 0 Å². The third-order valence-corrected chi connectivity index (χ3v) is 7.12. The molecular weight excluding hydrogens is 318 g/mol. The highest BCUT2D eigenvalue weighted by molar-refractivity contribution is 7.90. The smallest absolute Gasteiger partial charge is 0.317 e. The van der Waals surface area contributed by atoms with Gasteiger partial charge in [0.1, 0.15) is 10.9 Å². The van der Waals surface area contributed by atoms with Gasteiger partial charge in [-0.15, -0.1) is 0 Å². The summed E-state index contributed by atoms with van der Waals surface area (Å²) in [5.41, 5.74) is -0.759. The number of carbonyl (C=O) groups excluding carboxylic acids is 1. The van der Waals surface area contributed by atoms with Crippen LogP contribution in [0.25, 0.3) is 0 Å². The quantitative estimate of drug-likeness (QED) is 0.813. The van der Waals surface area contributed by atoms with Gasteiger partial charge < -0.3 is 15.0 Å². The van der Waals surface area contributed by atoms with Gasteiger partial charge >= 0.3 is 6.03 Å². The zero-order chi connectivity index (χ0) is 17.0. The van der Waals surface area contributed by atoms with Gasteiger partial charge in [0, 0.05) is 25.7 Å². The molecule has 1 spiro atoms. The number of nitrogens with zero attached hydrogens (tertiary/aromatic N) is 2. The number of hydrogen-bond acceptors (Lipinski definition) is 4. The Balaban J connectivity index is 1.82. The molecule has 0 saturated carbocycles. The maximum Gasteiger partial charge on any atom is 0.317 e. The van der Waals surface area contributed by atoms with Crippen molar-refractivity contribution in [2.45, 2.75) is 57.1 Å². The lowest BCUT2D eigenvalue weighted by Crippen LogP contribution is -2.58. The Kier molecular flexibility index (Phi) is 4.13. The molecule has 0 aromatic carbocycles. The molecule has 3 saturated heterocycles. The van der Waals surface area contributed by atoms with Crippen molar-refractivity contribution in [3.8, 4) is 0 Å². The molecule has 23 heavy (non-hydrogen) atoms. The molecule has 2 bridgehead atoms. The summed E-state index contributed by atoms with van der Waals surface area (Å²) < 4.78 is 33.3. The molecule has 8 heteroatoms. The molecule has 2 amide bonds. The molecule has 132 valence electrons. The molecule has 3 aliphatic rings. The summed E-state index contributed by atoms with van der Waals surface area (Å²) in [6, 6.07) is -0.0749. The first kappa shape index (κ1) is 17.0. The van der Waals surface area contributed by atoms with Crippen LogP contribution in [0.4, 0.5) is 4.79 Å². The lowest BCUT2D eigenvalue weighted by molar-refractivity contribution is -0.0958. The van der Waals surface area contributed by atoms with E-state index in [0.717, 1.165) is 0 Å². The van der Waals surface area contributed by atoms with E-state index in [4.69, 9.17) is 4.74 Å². The Hall–Kier alpha value is -0.860. The van der Waals surface area contributed by atoms with Gasteiger partial charge in [-0.05, 0) is 26.2 Å². The predicted molar refractivity (Wildman–Crippen MR) is 86.6 cm³/mol. The number of hydrogen-bond donors (Lipinski definition) is 1. The molecule has 0 aromatic heterocycles. The molecule has 1 N–H and O–H groups in total. The Bertz CT molecular complexity index is 592. The Morgan fingerprint density at radius 1 is 1.30 bits per heavy atom. The highest BCUT2D eigenvalue weighted by Gasteiger charge is 2.65. The number of nitrogens with one attached hydrogen (secondary N) is 1. The van der Waals surface area contributed by atoms with E-state index in [1.165, 1.54) is 0 Å². The second-order valence-corrected chi connectivity index (χ2v) is 9.86. The number of carbonyl (C=O) groups is 1. The standard InChI is InChI=1S/C15H27N3O4S/c1-10(2)6-18-9-15-8-17(14(19)16-11(3)4)7-12(22-15)5-13(15)23(18,20)21/h10-13H,5-9H2,1-4H3,(H,16,19)/t12-,13+,15+/m1/s1. The number of fused-ring (bicyclic) bond motifs is 1. The maximum absolute atomic E-state index is 12.8. The van der Waals surface area contributed by atoms with Crippen LogP contribution in [0.2, 0.25) is 0 Å². The van der Waals surface area contributed by atoms with Crippen molar-refractivity contribution in [1.82, 2.24) is 14.5 Å². The van der Waals surface area contributed by atoms with Crippen LogP contribution in [0.1, 0.15) is 34.1 Å². The van der Waals surface area contributed by atoms with Crippen molar-refractivity contribution in [3.63, 3.8) is 0 Å². The monoisotopic (exact) mass is 345 g/mol. The maximum atomic E-state index is 12.8. The van der Waals surface area contributed by atoms with Gasteiger partial charge in [-0.2, -0.15) is 4.31 Å². The summed E-state index contributed by atoms with van der Waals surface area (Å²) in [4.78, 5) is 14.1. The first-order valence-electron chi connectivity index (χ1n) is 8.36. The number of ether oxygens (including phenoxy) is 1. The van der Waals surface area contributed by atoms with Gasteiger partial charge in [-0.3, -0.25) is 0 Å². The lowest BCUT2D eigenvalue weighted by Gasteiger charge is -2.39. The van der Waals surface area contributed by atoms with Gasteiger partial charge in [0.25, 0.3) is 0 Å². The van der Waals surface area contributed by atoms with Crippen LogP contribution in [0.3, 0.4) is 0 Å². The minimum absolute atomic E-state index is 0.0565. The number of likely N-dealkylation sites (tertiary alicyclic amines) is 1. The SMILES string of the molecule is CC(C)CN1C[C@@]23CN(C(=O)NC(C)C)C[C@@H](C[C@@H]2S1(=O)=O)O3. The minimum atomic E-state index is -3.35. The number of morpholine rings is 1. The summed E-state index contributed by atoms with van der Waals surface area (Å²) in [5.74, 6) is 0.264. The molecule has 3 atom stereocenters. The Morgan fingerprint density at radius 2 is 2.00 bits per heavy atom. The van der Waals surface area contributed by atoms with Crippen molar-refractivity contribution in [2.75, 3.05) is 26.2 Å². The third kappa shape index (κ3) is 2.85. The second kappa shape index (κ2) is 5.60. The summed E-state index contributed by atoms with van der Waals surface area (Å²) >= 11 is 0. The van der Waals surface area contributed by atoms with E-state index in [1.807, 2.05) is 27.7 Å². The second-order valence-electron chi connectivity index (χ2n) is 7.75. The molecule has 3 fully saturated rings. The normalized spacial score (nSPS) is 35.8. The number of sulfonamides is 1. The van der Waals surface area contributed by atoms with Crippen LogP contribution in [0, 0.1) is 5.92 Å². The first-order chi connectivity index (χ1) is 10.6. The van der Waals surface area contributed by atoms with Gasteiger partial charge in [0.05, 0.1) is 12.6 Å². The van der Waals surface area contributed by atoms with E-state index < -0.39 is 20.9 Å². The molecule has 0 aromatic rings. The summed E-state index contributed by atoms with van der Waals surface area (Å²) in [5, 5.41) is 2.37. The fourth-order valence-corrected chi connectivity index (χ4v) is 6.48. The van der Waals surface area contributed by atoms with Crippen molar-refractivity contribution in [2.24, 2.45) is 5.92 Å². The van der Waals surface area contributed by atoms with E-state index in [0.29, 0.717) is 32.6 Å². The topological polar surface area (TPSA) is 79.0 Å². The van der Waals surface area contributed by atoms with Crippen LogP contribution < -0.4 is 5.32 Å². The van der Waals surface area contributed by atoms with Gasteiger partial charge in [0.2, 0.25) is 10.0 Å². The van der Waals surface area contributed by atoms with Crippen molar-refractivity contribution < 1.29 is 17.9 Å². The summed E-state index contributed by atoms with van der Waals surface area (Å²) in [6.07, 6.45) is 0.310. The van der Waals surface area contributed by atoms with E-state index in [2.05, 4.69) is 5.32 Å². The Morgan fingerprint density at radius 3 is 2.61 bits per heavy atom. The lowest BCUT2D eigenvalue weighted by atomic mass is 9.99. The molecule has 3 heterocycles. The molecule has 3 rings (SSSR count). The van der Waals surface area contributed by atoms with Crippen molar-refractivity contribution in [3.05, 3.63) is 0 Å². The van der Waals surface area contributed by atoms with E-state index in [1.54, 1.807) is 9.21 Å². The zero-order valence-electron chi connectivity index (χ0n) is 14.3. The van der Waals surface area contributed by atoms with Crippen LogP contribution >= 0.6 is 0 Å². The molecular formula is C15H27N3O4S. The number of rotatable bonds is 3. The van der Waals surface area contributed by atoms with E-state index in [-0.39, 0.29) is 24.1 Å². The van der Waals surface area contributed by atoms with Gasteiger partial charge in [0.15, 0.2) is 0 Å². The molecule has 0 unspecified atom stereocenters. The number of urea groups is 1. The molecule has 7 nitrogen and oxygen atoms in total. The summed E-state index contributed by atoms with van der Waals surface area (Å²) in [6.45, 7) is 9.53. The van der Waals surface area contributed by atoms with Crippen LogP contribution in [0.15, 0.2) is 0 Å². The molecule has 0 radical (unpaired) electrons. The average Bonchev–Trinajstić information content (AvgIpc) is 2.76. The highest BCUT2D eigenvalue weighted by Crippen LogP contribution is 2.46. The van der Waals surface area contributed by atoms with Crippen LogP contribution in [-0.4, -0.2) is 72.8 Å². The zero-order valence-corrected chi connectivity index (χ0v) is 15.1. The predicted octanol–water partition coefficient (Wildman–Crippen LogP) is 0.618. The van der Waals surface area contributed by atoms with E-state index in [9.17, 15) is 13.2 Å². The van der Waals surface area contributed by atoms with Crippen molar-refractivity contribution >= 4 is 16.1 Å². The minimum Gasteiger partial charge on any atom is -0.365 e. The summed E-state index contributed by atoms with van der Waals surface area (Å²) in [7, 11) is -3.35. The van der Waals surface area contributed by atoms with Gasteiger partial charge in [-0.25, -0.2) is 13.2 Å². The third-order valence-electron chi connectivity index (χ3n) is 4.78.